The molecule has 0 aliphatic carbocycles. The molecule has 2 unspecified atom stereocenters. The summed E-state index contributed by atoms with van der Waals surface area (Å²) in [5.74, 6) is -0.352. The largest absolute Gasteiger partial charge is 0.416 e. The standard InChI is InChI=1S/C21H20F3N3O3/c1-3-12-9-27(10-17(12)28)20(29)15-8-16(25-19-18(15)11(2)26-30-19)13-5-4-6-14(7-13)21(22,23)24/h4-8,12,17,28H,3,9-10H2,1-2H3. The quantitative estimate of drug-likeness (QED) is 0.693. The maximum Gasteiger partial charge on any atom is 0.416 e. The molecule has 4 rings (SSSR count). The molecular formula is C21H20F3N3O3. The summed E-state index contributed by atoms with van der Waals surface area (Å²) in [4.78, 5) is 19.1. The minimum atomic E-state index is -4.50. The monoisotopic (exact) mass is 419 g/mol. The lowest BCUT2D eigenvalue weighted by Crippen LogP contribution is -2.30. The van der Waals surface area contributed by atoms with Crippen LogP contribution in [0.15, 0.2) is 34.9 Å². The average Bonchev–Trinajstić information content (AvgIpc) is 3.28. The van der Waals surface area contributed by atoms with Gasteiger partial charge < -0.3 is 14.5 Å². The Kier molecular flexibility index (Phi) is 5.01. The van der Waals surface area contributed by atoms with E-state index in [9.17, 15) is 23.1 Å². The van der Waals surface area contributed by atoms with Crippen LogP contribution in [-0.2, 0) is 6.18 Å². The summed E-state index contributed by atoms with van der Waals surface area (Å²) in [5.41, 5.74) is 0.371. The Labute approximate surface area is 170 Å². The highest BCUT2D eigenvalue weighted by molar-refractivity contribution is 6.07. The zero-order chi connectivity index (χ0) is 21.6. The molecule has 1 aliphatic heterocycles. The van der Waals surface area contributed by atoms with Gasteiger partial charge >= 0.3 is 6.18 Å². The van der Waals surface area contributed by atoms with E-state index in [1.807, 2.05) is 6.92 Å². The Hall–Kier alpha value is -2.94. The number of hydrogen-bond acceptors (Lipinski definition) is 5. The first-order valence-electron chi connectivity index (χ1n) is 9.61. The number of carbonyl (C=O) groups is 1. The molecule has 2 aromatic heterocycles. The highest BCUT2D eigenvalue weighted by Gasteiger charge is 2.35. The molecule has 0 bridgehead atoms. The number of fused-ring (bicyclic) bond motifs is 1. The molecule has 1 aliphatic rings. The first-order chi connectivity index (χ1) is 14.2. The van der Waals surface area contributed by atoms with Crippen LogP contribution in [0.1, 0.15) is 35.0 Å². The minimum Gasteiger partial charge on any atom is -0.391 e. The van der Waals surface area contributed by atoms with Gasteiger partial charge in [-0.2, -0.15) is 13.2 Å². The van der Waals surface area contributed by atoms with E-state index in [1.54, 1.807) is 11.8 Å². The van der Waals surface area contributed by atoms with E-state index < -0.39 is 17.8 Å². The molecule has 1 N–H and O–H groups in total. The van der Waals surface area contributed by atoms with Gasteiger partial charge in [-0.3, -0.25) is 4.79 Å². The van der Waals surface area contributed by atoms with Gasteiger partial charge in [0.1, 0.15) is 0 Å². The van der Waals surface area contributed by atoms with Crippen LogP contribution in [0, 0.1) is 12.8 Å². The third-order valence-electron chi connectivity index (χ3n) is 5.55. The normalized spacial score (nSPS) is 19.6. The van der Waals surface area contributed by atoms with Crippen molar-refractivity contribution >= 4 is 17.0 Å². The van der Waals surface area contributed by atoms with Crippen LogP contribution in [0.25, 0.3) is 22.4 Å². The van der Waals surface area contributed by atoms with E-state index in [-0.39, 0.29) is 40.9 Å². The number of nitrogens with zero attached hydrogens (tertiary/aromatic N) is 3. The number of likely N-dealkylation sites (tertiary alicyclic amines) is 1. The van der Waals surface area contributed by atoms with Gasteiger partial charge in [0.25, 0.3) is 11.6 Å². The molecule has 1 amide bonds. The molecular weight excluding hydrogens is 399 g/mol. The highest BCUT2D eigenvalue weighted by atomic mass is 19.4. The van der Waals surface area contributed by atoms with Crippen molar-refractivity contribution in [3.05, 3.63) is 47.2 Å². The fraction of sp³-hybridized carbons (Fsp3) is 0.381. The smallest absolute Gasteiger partial charge is 0.391 e. The Morgan fingerprint density at radius 1 is 1.30 bits per heavy atom. The first kappa shape index (κ1) is 20.3. The SMILES string of the molecule is CCC1CN(C(=O)c2cc(-c3cccc(C(F)(F)F)c3)nc3onc(C)c23)CC1O. The molecule has 1 fully saturated rings. The molecule has 2 atom stereocenters. The Morgan fingerprint density at radius 2 is 2.07 bits per heavy atom. The van der Waals surface area contributed by atoms with E-state index in [0.717, 1.165) is 18.6 Å². The topological polar surface area (TPSA) is 79.5 Å². The average molecular weight is 419 g/mol. The van der Waals surface area contributed by atoms with Crippen LogP contribution >= 0.6 is 0 Å². The van der Waals surface area contributed by atoms with Crippen molar-refractivity contribution < 1.29 is 27.6 Å². The van der Waals surface area contributed by atoms with Crippen LogP contribution in [0.2, 0.25) is 0 Å². The molecule has 0 spiro atoms. The van der Waals surface area contributed by atoms with Gasteiger partial charge in [-0.25, -0.2) is 4.98 Å². The predicted molar refractivity (Wildman–Crippen MR) is 103 cm³/mol. The third kappa shape index (κ3) is 3.54. The van der Waals surface area contributed by atoms with E-state index in [0.29, 0.717) is 17.6 Å². The summed E-state index contributed by atoms with van der Waals surface area (Å²) in [6.45, 7) is 4.22. The molecule has 30 heavy (non-hydrogen) atoms. The summed E-state index contributed by atoms with van der Waals surface area (Å²) in [7, 11) is 0. The summed E-state index contributed by atoms with van der Waals surface area (Å²) in [6.07, 6.45) is -4.37. The van der Waals surface area contributed by atoms with Gasteiger partial charge in [-0.15, -0.1) is 0 Å². The predicted octanol–water partition coefficient (Wildman–Crippen LogP) is 4.06. The molecule has 1 aromatic carbocycles. The van der Waals surface area contributed by atoms with E-state index in [4.69, 9.17) is 4.52 Å². The Bertz CT molecular complexity index is 1110. The number of carbonyl (C=O) groups excluding carboxylic acids is 1. The fourth-order valence-electron chi connectivity index (χ4n) is 3.86. The summed E-state index contributed by atoms with van der Waals surface area (Å²) >= 11 is 0. The van der Waals surface area contributed by atoms with Crippen molar-refractivity contribution in [3.8, 4) is 11.3 Å². The Morgan fingerprint density at radius 3 is 2.73 bits per heavy atom. The third-order valence-corrected chi connectivity index (χ3v) is 5.55. The zero-order valence-electron chi connectivity index (χ0n) is 16.4. The molecule has 6 nitrogen and oxygen atoms in total. The number of aliphatic hydroxyl groups excluding tert-OH is 1. The van der Waals surface area contributed by atoms with Crippen molar-refractivity contribution in [3.63, 3.8) is 0 Å². The number of alkyl halides is 3. The van der Waals surface area contributed by atoms with Gasteiger partial charge in [-0.05, 0) is 31.5 Å². The summed E-state index contributed by atoms with van der Waals surface area (Å²) in [6, 6.07) is 6.21. The van der Waals surface area contributed by atoms with Gasteiger partial charge in [0, 0.05) is 24.6 Å². The molecule has 0 radical (unpaired) electrons. The van der Waals surface area contributed by atoms with Crippen LogP contribution in [0.4, 0.5) is 13.2 Å². The number of aryl methyl sites for hydroxylation is 1. The van der Waals surface area contributed by atoms with Gasteiger partial charge in [0.2, 0.25) is 0 Å². The number of aromatic nitrogens is 2. The molecule has 3 heterocycles. The highest BCUT2D eigenvalue weighted by Crippen LogP contribution is 2.34. The number of hydrogen-bond donors (Lipinski definition) is 1. The van der Waals surface area contributed by atoms with Gasteiger partial charge in [0.05, 0.1) is 34.0 Å². The molecule has 1 saturated heterocycles. The second-order valence-electron chi connectivity index (χ2n) is 7.53. The van der Waals surface area contributed by atoms with Crippen molar-refractivity contribution in [2.75, 3.05) is 13.1 Å². The number of rotatable bonds is 3. The van der Waals surface area contributed by atoms with Crippen LogP contribution in [0.3, 0.4) is 0 Å². The van der Waals surface area contributed by atoms with Crippen molar-refractivity contribution in [2.24, 2.45) is 5.92 Å². The van der Waals surface area contributed by atoms with Crippen LogP contribution in [-0.4, -0.2) is 45.2 Å². The number of pyridine rings is 1. The van der Waals surface area contributed by atoms with Crippen LogP contribution < -0.4 is 0 Å². The molecule has 158 valence electrons. The number of amides is 1. The van der Waals surface area contributed by atoms with E-state index in [1.165, 1.54) is 18.2 Å². The van der Waals surface area contributed by atoms with E-state index >= 15 is 0 Å². The Balaban J connectivity index is 1.81. The first-order valence-corrected chi connectivity index (χ1v) is 9.61. The lowest BCUT2D eigenvalue weighted by Gasteiger charge is -2.17. The molecule has 9 heteroatoms. The number of benzene rings is 1. The number of halogens is 3. The molecule has 0 saturated carbocycles. The zero-order valence-corrected chi connectivity index (χ0v) is 16.4. The lowest BCUT2D eigenvalue weighted by atomic mass is 10.0. The van der Waals surface area contributed by atoms with Gasteiger partial charge in [-0.1, -0.05) is 24.2 Å². The summed E-state index contributed by atoms with van der Waals surface area (Å²) in [5, 5.41) is 14.5. The number of aliphatic hydroxyl groups is 1. The number of β-amino-alcohol motifs (C(OH)–C–C–N with tert-alkyl or cyclic N) is 1. The fourth-order valence-corrected chi connectivity index (χ4v) is 3.86. The second-order valence-corrected chi connectivity index (χ2v) is 7.53. The maximum atomic E-state index is 13.3. The maximum absolute atomic E-state index is 13.3. The molecule has 3 aromatic rings. The second kappa shape index (κ2) is 7.39. The van der Waals surface area contributed by atoms with E-state index in [2.05, 4.69) is 10.1 Å². The van der Waals surface area contributed by atoms with Crippen LogP contribution in [0.5, 0.6) is 0 Å². The van der Waals surface area contributed by atoms with Crippen molar-refractivity contribution in [1.82, 2.24) is 15.0 Å². The lowest BCUT2D eigenvalue weighted by molar-refractivity contribution is -0.137. The van der Waals surface area contributed by atoms with Gasteiger partial charge in [0.15, 0.2) is 0 Å². The van der Waals surface area contributed by atoms with Crippen molar-refractivity contribution in [1.29, 1.82) is 0 Å². The minimum absolute atomic E-state index is 0.0159. The summed E-state index contributed by atoms with van der Waals surface area (Å²) < 4.78 is 44.6. The van der Waals surface area contributed by atoms with Crippen molar-refractivity contribution in [2.45, 2.75) is 32.5 Å².